The van der Waals surface area contributed by atoms with Gasteiger partial charge >= 0.3 is 5.69 Å². The Kier molecular flexibility index (Phi) is 7.42. The van der Waals surface area contributed by atoms with Gasteiger partial charge < -0.3 is 5.32 Å². The van der Waals surface area contributed by atoms with Crippen LogP contribution >= 0.6 is 0 Å². The van der Waals surface area contributed by atoms with Crippen molar-refractivity contribution in [2.24, 2.45) is 14.1 Å². The van der Waals surface area contributed by atoms with Crippen LogP contribution in [0.5, 0.6) is 0 Å². The first-order valence-corrected chi connectivity index (χ1v) is 13.2. The number of carbonyl (C=O) groups is 1. The van der Waals surface area contributed by atoms with Crippen LogP contribution in [0.4, 0.5) is 0 Å². The van der Waals surface area contributed by atoms with Crippen LogP contribution in [0.1, 0.15) is 22.7 Å². The van der Waals surface area contributed by atoms with Gasteiger partial charge in [0.15, 0.2) is 0 Å². The topological polar surface area (TPSA) is 119 Å². The number of hydrogen-bond acceptors (Lipinski definition) is 5. The lowest BCUT2D eigenvalue weighted by Crippen LogP contribution is -2.41. The fourth-order valence-electron chi connectivity index (χ4n) is 4.07. The lowest BCUT2D eigenvalue weighted by molar-refractivity contribution is -0.122. The third kappa shape index (κ3) is 5.55. The third-order valence-corrected chi connectivity index (χ3v) is 7.67. The molecule has 1 heterocycles. The van der Waals surface area contributed by atoms with Crippen LogP contribution in [0.3, 0.4) is 0 Å². The van der Waals surface area contributed by atoms with Gasteiger partial charge in [0, 0.05) is 20.6 Å². The molecule has 0 unspecified atom stereocenters. The summed E-state index contributed by atoms with van der Waals surface area (Å²) in [6, 6.07) is 19.2. The number of rotatable bonds is 8. The minimum Gasteiger partial charge on any atom is -0.354 e. The smallest absolute Gasteiger partial charge is 0.330 e. The predicted octanol–water partition coefficient (Wildman–Crippen LogP) is 1.92. The first-order valence-electron chi connectivity index (χ1n) is 11.7. The molecule has 192 valence electrons. The minimum absolute atomic E-state index is 0.0753. The molecule has 1 amide bonds. The molecule has 0 saturated carbocycles. The van der Waals surface area contributed by atoms with Gasteiger partial charge in [-0.2, -0.15) is 4.72 Å². The molecule has 0 fully saturated rings. The van der Waals surface area contributed by atoms with E-state index >= 15 is 0 Å². The number of fused-ring (bicyclic) bond motifs is 1. The van der Waals surface area contributed by atoms with Gasteiger partial charge in [0.1, 0.15) is 6.04 Å². The molecule has 0 spiro atoms. The van der Waals surface area contributed by atoms with Gasteiger partial charge in [-0.15, -0.1) is 0 Å². The summed E-state index contributed by atoms with van der Waals surface area (Å²) in [4.78, 5) is 37.8. The molecule has 0 radical (unpaired) electrons. The standard InChI is InChI=1S/C27H28N4O5S/c1-18-9-11-19(12-10-18)15-16-28-25(32)24(20-7-5-4-6-8-20)29-37(35,36)21-13-14-23-22(17-21)26(33)31(3)27(34)30(23)2/h4-14,17,24,29H,15-16H2,1-3H3,(H,28,32)/t24-/m1/s1. The summed E-state index contributed by atoms with van der Waals surface area (Å²) in [5.41, 5.74) is 1.84. The number of hydrogen-bond donors (Lipinski definition) is 2. The highest BCUT2D eigenvalue weighted by Crippen LogP contribution is 2.20. The van der Waals surface area contributed by atoms with Crippen molar-refractivity contribution in [1.29, 1.82) is 0 Å². The van der Waals surface area contributed by atoms with E-state index in [2.05, 4.69) is 10.0 Å². The molecule has 0 aliphatic rings. The number of aromatic nitrogens is 2. The van der Waals surface area contributed by atoms with E-state index in [9.17, 15) is 22.8 Å². The van der Waals surface area contributed by atoms with Gasteiger partial charge in [0.05, 0.1) is 15.8 Å². The summed E-state index contributed by atoms with van der Waals surface area (Å²) in [6.07, 6.45) is 0.590. The van der Waals surface area contributed by atoms with Gasteiger partial charge in [-0.1, -0.05) is 60.2 Å². The Labute approximate surface area is 214 Å². The molecule has 0 aliphatic carbocycles. The third-order valence-electron chi connectivity index (χ3n) is 6.25. The lowest BCUT2D eigenvalue weighted by Gasteiger charge is -2.19. The number of carbonyl (C=O) groups excluding carboxylic acids is 1. The molecule has 1 atom stereocenters. The molecular weight excluding hydrogens is 492 g/mol. The monoisotopic (exact) mass is 520 g/mol. The molecule has 0 bridgehead atoms. The fraction of sp³-hybridized carbons (Fsp3) is 0.222. The van der Waals surface area contributed by atoms with Crippen molar-refractivity contribution in [3.8, 4) is 0 Å². The molecule has 1 aromatic heterocycles. The summed E-state index contributed by atoms with van der Waals surface area (Å²) in [6.45, 7) is 2.32. The number of sulfonamides is 1. The fourth-order valence-corrected chi connectivity index (χ4v) is 5.28. The second kappa shape index (κ2) is 10.5. The zero-order valence-corrected chi connectivity index (χ0v) is 21.6. The van der Waals surface area contributed by atoms with Crippen LogP contribution in [-0.4, -0.2) is 30.0 Å². The summed E-state index contributed by atoms with van der Waals surface area (Å²) >= 11 is 0. The van der Waals surface area contributed by atoms with Crippen molar-refractivity contribution in [2.75, 3.05) is 6.54 Å². The van der Waals surface area contributed by atoms with E-state index < -0.39 is 33.2 Å². The molecule has 9 nitrogen and oxygen atoms in total. The minimum atomic E-state index is -4.23. The van der Waals surface area contributed by atoms with Crippen molar-refractivity contribution in [1.82, 2.24) is 19.2 Å². The molecule has 0 saturated heterocycles. The van der Waals surface area contributed by atoms with Gasteiger partial charge in [-0.3, -0.25) is 18.7 Å². The Bertz CT molecular complexity index is 1670. The summed E-state index contributed by atoms with van der Waals surface area (Å²) < 4.78 is 31.4. The molecule has 4 aromatic rings. The van der Waals surface area contributed by atoms with Crippen LogP contribution in [-0.2, 0) is 35.3 Å². The van der Waals surface area contributed by atoms with E-state index in [1.54, 1.807) is 30.3 Å². The van der Waals surface area contributed by atoms with Crippen LogP contribution < -0.4 is 21.3 Å². The molecule has 10 heteroatoms. The lowest BCUT2D eigenvalue weighted by atomic mass is 10.1. The Morgan fingerprint density at radius 2 is 1.59 bits per heavy atom. The van der Waals surface area contributed by atoms with E-state index in [1.807, 2.05) is 31.2 Å². The molecule has 37 heavy (non-hydrogen) atoms. The Morgan fingerprint density at radius 3 is 2.27 bits per heavy atom. The SMILES string of the molecule is Cc1ccc(CCNC(=O)[C@H](NS(=O)(=O)c2ccc3c(c2)c(=O)n(C)c(=O)n3C)c2ccccc2)cc1. The highest BCUT2D eigenvalue weighted by atomic mass is 32.2. The van der Waals surface area contributed by atoms with E-state index in [0.717, 1.165) is 15.7 Å². The van der Waals surface area contributed by atoms with Crippen LogP contribution in [0.2, 0.25) is 0 Å². The summed E-state index contributed by atoms with van der Waals surface area (Å²) in [5, 5.41) is 2.90. The van der Waals surface area contributed by atoms with Gasteiger partial charge in [-0.05, 0) is 42.7 Å². The Hall–Kier alpha value is -4.02. The first-order chi connectivity index (χ1) is 17.6. The van der Waals surface area contributed by atoms with Crippen molar-refractivity contribution < 1.29 is 13.2 Å². The van der Waals surface area contributed by atoms with Crippen molar-refractivity contribution >= 4 is 26.8 Å². The number of benzene rings is 3. The zero-order chi connectivity index (χ0) is 26.7. The number of aryl methyl sites for hydroxylation is 2. The number of nitrogens with one attached hydrogen (secondary N) is 2. The maximum atomic E-state index is 13.4. The second-order valence-corrected chi connectivity index (χ2v) is 10.6. The maximum Gasteiger partial charge on any atom is 0.330 e. The van der Waals surface area contributed by atoms with Gasteiger partial charge in [-0.25, -0.2) is 13.2 Å². The zero-order valence-electron chi connectivity index (χ0n) is 20.8. The summed E-state index contributed by atoms with van der Waals surface area (Å²) in [5.74, 6) is -0.499. The normalized spacial score (nSPS) is 12.4. The molecule has 3 aromatic carbocycles. The summed E-state index contributed by atoms with van der Waals surface area (Å²) in [7, 11) is -1.39. The predicted molar refractivity (Wildman–Crippen MR) is 142 cm³/mol. The van der Waals surface area contributed by atoms with Crippen molar-refractivity contribution in [3.05, 3.63) is 110 Å². The average Bonchev–Trinajstić information content (AvgIpc) is 2.90. The van der Waals surface area contributed by atoms with Crippen LogP contribution in [0, 0.1) is 6.92 Å². The van der Waals surface area contributed by atoms with Gasteiger partial charge in [0.25, 0.3) is 5.56 Å². The quantitative estimate of drug-likeness (QED) is 0.368. The van der Waals surface area contributed by atoms with E-state index in [1.165, 1.54) is 36.9 Å². The number of amides is 1. The first kappa shape index (κ1) is 26.1. The van der Waals surface area contributed by atoms with E-state index in [0.29, 0.717) is 24.0 Å². The van der Waals surface area contributed by atoms with Crippen molar-refractivity contribution in [2.45, 2.75) is 24.3 Å². The highest BCUT2D eigenvalue weighted by Gasteiger charge is 2.27. The van der Waals surface area contributed by atoms with Gasteiger partial charge in [0.2, 0.25) is 15.9 Å². The number of nitrogens with zero attached hydrogens (tertiary/aromatic N) is 2. The highest BCUT2D eigenvalue weighted by molar-refractivity contribution is 7.89. The Balaban J connectivity index is 1.62. The molecule has 0 aliphatic heterocycles. The molecule has 2 N–H and O–H groups in total. The maximum absolute atomic E-state index is 13.4. The average molecular weight is 521 g/mol. The Morgan fingerprint density at radius 1 is 0.919 bits per heavy atom. The van der Waals surface area contributed by atoms with E-state index in [4.69, 9.17) is 0 Å². The van der Waals surface area contributed by atoms with Crippen LogP contribution in [0.25, 0.3) is 10.9 Å². The van der Waals surface area contributed by atoms with E-state index in [-0.39, 0.29) is 10.3 Å². The van der Waals surface area contributed by atoms with Crippen LogP contribution in [0.15, 0.2) is 87.3 Å². The largest absolute Gasteiger partial charge is 0.354 e. The molecule has 4 rings (SSSR count). The van der Waals surface area contributed by atoms with Crippen molar-refractivity contribution in [3.63, 3.8) is 0 Å². The molecular formula is C27H28N4O5S. The second-order valence-electron chi connectivity index (χ2n) is 8.88.